The van der Waals surface area contributed by atoms with E-state index in [9.17, 15) is 9.90 Å². The number of urea groups is 1. The predicted molar refractivity (Wildman–Crippen MR) is 105 cm³/mol. The van der Waals surface area contributed by atoms with Gasteiger partial charge in [-0.3, -0.25) is 0 Å². The van der Waals surface area contributed by atoms with Gasteiger partial charge in [-0.2, -0.15) is 0 Å². The Morgan fingerprint density at radius 2 is 2.00 bits per heavy atom. The lowest BCUT2D eigenvalue weighted by Gasteiger charge is -2.09. The lowest BCUT2D eigenvalue weighted by atomic mass is 10.1. The molecule has 140 valence electrons. The molecule has 0 radical (unpaired) electrons. The van der Waals surface area contributed by atoms with Gasteiger partial charge in [0.1, 0.15) is 0 Å². The largest absolute Gasteiger partial charge is 0.493 e. The molecule has 0 unspecified atom stereocenters. The van der Waals surface area contributed by atoms with Crippen molar-refractivity contribution in [3.05, 3.63) is 59.9 Å². The number of aromatic hydroxyl groups is 1. The van der Waals surface area contributed by atoms with Crippen LogP contribution in [0.15, 0.2) is 48.8 Å². The summed E-state index contributed by atoms with van der Waals surface area (Å²) in [6, 6.07) is 10.5. The average Bonchev–Trinajstić information content (AvgIpc) is 3.01. The topological polar surface area (TPSA) is 99.3 Å². The van der Waals surface area contributed by atoms with Crippen molar-refractivity contribution in [2.75, 3.05) is 17.2 Å². The zero-order valence-electron chi connectivity index (χ0n) is 15.2. The van der Waals surface area contributed by atoms with Crippen LogP contribution < -0.4 is 10.6 Å². The van der Waals surface area contributed by atoms with Crippen LogP contribution in [0, 0.1) is 6.92 Å². The molecule has 2 aromatic heterocycles. The van der Waals surface area contributed by atoms with Crippen LogP contribution in [0.5, 0.6) is 5.88 Å². The number of H-pyrrole nitrogens is 1. The highest BCUT2D eigenvalue weighted by Crippen LogP contribution is 2.29. The normalized spacial score (nSPS) is 10.6. The Morgan fingerprint density at radius 3 is 2.70 bits per heavy atom. The molecule has 1 aromatic carbocycles. The van der Waals surface area contributed by atoms with Crippen LogP contribution in [0.25, 0.3) is 11.3 Å². The number of nitrogens with one attached hydrogen (secondary N) is 3. The van der Waals surface area contributed by atoms with Crippen LogP contribution in [0.3, 0.4) is 0 Å². The van der Waals surface area contributed by atoms with Crippen LogP contribution in [0.1, 0.15) is 18.1 Å². The maximum Gasteiger partial charge on any atom is 0.323 e. The molecule has 0 aliphatic carbocycles. The molecule has 2 amide bonds. The minimum Gasteiger partial charge on any atom is -0.493 e. The molecule has 7 nitrogen and oxygen atoms in total. The third-order valence-electron chi connectivity index (χ3n) is 4.11. The molecular formula is C20H22N4O3. The second kappa shape index (κ2) is 8.37. The van der Waals surface area contributed by atoms with Crippen LogP contribution in [0.4, 0.5) is 16.2 Å². The number of hydrogen-bond acceptors (Lipinski definition) is 4. The zero-order chi connectivity index (χ0) is 19.2. The summed E-state index contributed by atoms with van der Waals surface area (Å²) in [5.74, 6) is -0.0541. The Balaban J connectivity index is 1.64. The summed E-state index contributed by atoms with van der Waals surface area (Å²) in [7, 11) is 0. The molecule has 3 aromatic rings. The van der Waals surface area contributed by atoms with E-state index in [2.05, 4.69) is 20.6 Å². The fraction of sp³-hybridized carbons (Fsp3) is 0.200. The number of amides is 2. The minimum absolute atomic E-state index is 0.0541. The number of nitrogens with zero attached hydrogens (tertiary/aromatic N) is 1. The number of pyridine rings is 1. The molecule has 0 saturated heterocycles. The Labute approximate surface area is 157 Å². The van der Waals surface area contributed by atoms with Gasteiger partial charge >= 0.3 is 6.03 Å². The first-order chi connectivity index (χ1) is 13.1. The monoisotopic (exact) mass is 366 g/mol. The lowest BCUT2D eigenvalue weighted by Crippen LogP contribution is -2.19. The first-order valence-corrected chi connectivity index (χ1v) is 8.65. The Hall–Kier alpha value is -3.32. The standard InChI is InChI=1S/C20H22N4O3/c1-3-27-12-14-4-6-16(7-5-14)23-20(26)24-17-11-22-19(13(17)2)15-8-9-21-18(25)10-15/h4-11,22H,3,12H2,1-2H3,(H,21,25)(H2,23,24,26). The highest BCUT2D eigenvalue weighted by Gasteiger charge is 2.12. The fourth-order valence-corrected chi connectivity index (χ4v) is 2.69. The van der Waals surface area contributed by atoms with E-state index in [-0.39, 0.29) is 11.9 Å². The molecule has 0 atom stereocenters. The van der Waals surface area contributed by atoms with Gasteiger partial charge in [0.05, 0.1) is 18.0 Å². The van der Waals surface area contributed by atoms with Gasteiger partial charge in [0.25, 0.3) is 0 Å². The van der Waals surface area contributed by atoms with Gasteiger partial charge in [-0.25, -0.2) is 9.78 Å². The number of carbonyl (C=O) groups is 1. The summed E-state index contributed by atoms with van der Waals surface area (Å²) >= 11 is 0. The molecular weight excluding hydrogens is 344 g/mol. The Kier molecular flexibility index (Phi) is 5.73. The third kappa shape index (κ3) is 4.65. The van der Waals surface area contributed by atoms with Crippen LogP contribution >= 0.6 is 0 Å². The van der Waals surface area contributed by atoms with Crippen molar-refractivity contribution in [2.45, 2.75) is 20.5 Å². The summed E-state index contributed by atoms with van der Waals surface area (Å²) in [5.41, 5.74) is 4.87. The highest BCUT2D eigenvalue weighted by atomic mass is 16.5. The molecule has 7 heteroatoms. The van der Waals surface area contributed by atoms with E-state index in [4.69, 9.17) is 4.74 Å². The number of rotatable bonds is 6. The van der Waals surface area contributed by atoms with Crippen molar-refractivity contribution in [3.63, 3.8) is 0 Å². The van der Waals surface area contributed by atoms with Crippen molar-refractivity contribution in [2.24, 2.45) is 0 Å². The number of ether oxygens (including phenoxy) is 1. The minimum atomic E-state index is -0.334. The molecule has 2 heterocycles. The third-order valence-corrected chi connectivity index (χ3v) is 4.11. The maximum atomic E-state index is 12.3. The van der Waals surface area contributed by atoms with E-state index in [1.54, 1.807) is 18.3 Å². The number of hydrogen-bond donors (Lipinski definition) is 4. The second-order valence-corrected chi connectivity index (χ2v) is 6.02. The maximum absolute atomic E-state index is 12.3. The van der Waals surface area contributed by atoms with Crippen molar-refractivity contribution in [1.29, 1.82) is 0 Å². The first kappa shape index (κ1) is 18.5. The van der Waals surface area contributed by atoms with Crippen molar-refractivity contribution < 1.29 is 14.6 Å². The summed E-state index contributed by atoms with van der Waals surface area (Å²) in [5, 5.41) is 15.2. The zero-order valence-corrected chi connectivity index (χ0v) is 15.2. The van der Waals surface area contributed by atoms with E-state index in [0.29, 0.717) is 24.6 Å². The number of benzene rings is 1. The predicted octanol–water partition coefficient (Wildman–Crippen LogP) is 4.27. The molecule has 0 spiro atoms. The van der Waals surface area contributed by atoms with Gasteiger partial charge < -0.3 is 25.5 Å². The van der Waals surface area contributed by atoms with Crippen LogP contribution in [0.2, 0.25) is 0 Å². The van der Waals surface area contributed by atoms with Crippen LogP contribution in [-0.4, -0.2) is 27.7 Å². The van der Waals surface area contributed by atoms with E-state index in [0.717, 1.165) is 22.4 Å². The molecule has 4 N–H and O–H groups in total. The molecule has 0 fully saturated rings. The van der Waals surface area contributed by atoms with E-state index < -0.39 is 0 Å². The molecule has 27 heavy (non-hydrogen) atoms. The second-order valence-electron chi connectivity index (χ2n) is 6.02. The van der Waals surface area contributed by atoms with Gasteiger partial charge in [-0.05, 0) is 43.2 Å². The smallest absolute Gasteiger partial charge is 0.323 e. The number of anilines is 2. The Bertz CT molecular complexity index is 919. The van der Waals surface area contributed by atoms with Crippen LogP contribution in [-0.2, 0) is 11.3 Å². The average molecular weight is 366 g/mol. The van der Waals surface area contributed by atoms with E-state index in [1.807, 2.05) is 38.1 Å². The molecule has 0 aliphatic heterocycles. The summed E-state index contributed by atoms with van der Waals surface area (Å²) in [4.78, 5) is 19.2. The molecule has 0 bridgehead atoms. The van der Waals surface area contributed by atoms with Gasteiger partial charge in [-0.15, -0.1) is 0 Å². The quantitative estimate of drug-likeness (QED) is 0.523. The fourth-order valence-electron chi connectivity index (χ4n) is 2.69. The van der Waals surface area contributed by atoms with Gasteiger partial charge in [0.15, 0.2) is 0 Å². The molecule has 3 rings (SSSR count). The number of aromatic nitrogens is 2. The van der Waals surface area contributed by atoms with Gasteiger partial charge in [0, 0.05) is 36.3 Å². The highest BCUT2D eigenvalue weighted by molar-refractivity contribution is 6.00. The van der Waals surface area contributed by atoms with Gasteiger partial charge in [-0.1, -0.05) is 12.1 Å². The lowest BCUT2D eigenvalue weighted by molar-refractivity contribution is 0.134. The van der Waals surface area contributed by atoms with E-state index in [1.165, 1.54) is 6.20 Å². The molecule has 0 aliphatic rings. The van der Waals surface area contributed by atoms with Gasteiger partial charge in [0.2, 0.25) is 5.88 Å². The number of carbonyl (C=O) groups excluding carboxylic acids is 1. The SMILES string of the molecule is CCOCc1ccc(NC(=O)Nc2c[nH]c(-c3ccnc(O)c3)c2C)cc1. The Morgan fingerprint density at radius 1 is 1.22 bits per heavy atom. The first-order valence-electron chi connectivity index (χ1n) is 8.65. The van der Waals surface area contributed by atoms with Crippen molar-refractivity contribution >= 4 is 17.4 Å². The summed E-state index contributed by atoms with van der Waals surface area (Å²) in [6.07, 6.45) is 3.24. The van der Waals surface area contributed by atoms with Crippen molar-refractivity contribution in [1.82, 2.24) is 9.97 Å². The summed E-state index contributed by atoms with van der Waals surface area (Å²) in [6.45, 7) is 5.06. The summed E-state index contributed by atoms with van der Waals surface area (Å²) < 4.78 is 5.36. The number of aromatic amines is 1. The molecule has 0 saturated carbocycles. The van der Waals surface area contributed by atoms with Crippen molar-refractivity contribution in [3.8, 4) is 17.1 Å². The van der Waals surface area contributed by atoms with E-state index >= 15 is 0 Å².